The van der Waals surface area contributed by atoms with E-state index in [9.17, 15) is 4.79 Å². The first kappa shape index (κ1) is 21.9. The number of anilines is 2. The number of guanidine groups is 1. The second-order valence-corrected chi connectivity index (χ2v) is 6.11. The van der Waals surface area contributed by atoms with Crippen molar-refractivity contribution in [3.8, 4) is 0 Å². The summed E-state index contributed by atoms with van der Waals surface area (Å²) in [5.41, 5.74) is 0.777. The zero-order valence-corrected chi connectivity index (χ0v) is 18.2. The molecule has 1 aromatic heterocycles. The largest absolute Gasteiger partial charge is 0.357 e. The standard InChI is InChI=1S/C19H25N7O.HI/c1-2-20-18(23-15-17(27)24-16-7-4-3-5-8-16)25-11-13-26(14-12-25)19-21-9-6-10-22-19;/h3-10H,2,11-15H2,1H3,(H,20,23)(H,24,27);1H. The van der Waals surface area contributed by atoms with Crippen molar-refractivity contribution in [3.63, 3.8) is 0 Å². The molecule has 1 fully saturated rings. The highest BCUT2D eigenvalue weighted by Gasteiger charge is 2.21. The lowest BCUT2D eigenvalue weighted by Crippen LogP contribution is -2.53. The topological polar surface area (TPSA) is 85.8 Å². The number of aliphatic imine (C=N–C) groups is 1. The lowest BCUT2D eigenvalue weighted by atomic mass is 10.3. The quantitative estimate of drug-likeness (QED) is 0.374. The van der Waals surface area contributed by atoms with Gasteiger partial charge in [-0.1, -0.05) is 18.2 Å². The van der Waals surface area contributed by atoms with Crippen LogP contribution in [0.15, 0.2) is 53.8 Å². The molecule has 1 aliphatic heterocycles. The van der Waals surface area contributed by atoms with Crippen LogP contribution in [-0.2, 0) is 4.79 Å². The Labute approximate surface area is 182 Å². The minimum atomic E-state index is -0.132. The minimum absolute atomic E-state index is 0. The lowest BCUT2D eigenvalue weighted by Gasteiger charge is -2.36. The monoisotopic (exact) mass is 495 g/mol. The number of benzene rings is 1. The smallest absolute Gasteiger partial charge is 0.246 e. The van der Waals surface area contributed by atoms with Crippen molar-refractivity contribution in [2.24, 2.45) is 4.99 Å². The Hall–Kier alpha value is -2.43. The zero-order chi connectivity index (χ0) is 18.9. The number of amides is 1. The van der Waals surface area contributed by atoms with Gasteiger partial charge in [-0.2, -0.15) is 0 Å². The molecule has 0 radical (unpaired) electrons. The van der Waals surface area contributed by atoms with E-state index in [-0.39, 0.29) is 36.4 Å². The Kier molecular flexibility index (Phi) is 8.92. The predicted octanol–water partition coefficient (Wildman–Crippen LogP) is 1.82. The molecule has 2 heterocycles. The zero-order valence-electron chi connectivity index (χ0n) is 15.9. The van der Waals surface area contributed by atoms with E-state index in [0.29, 0.717) is 0 Å². The molecule has 2 aromatic rings. The number of rotatable bonds is 5. The Morgan fingerprint density at radius 3 is 2.39 bits per heavy atom. The lowest BCUT2D eigenvalue weighted by molar-refractivity contribution is -0.114. The van der Waals surface area contributed by atoms with Gasteiger partial charge < -0.3 is 20.4 Å². The SMILES string of the molecule is CCNC(=NCC(=O)Nc1ccccc1)N1CCN(c2ncccn2)CC1.I. The van der Waals surface area contributed by atoms with Gasteiger partial charge in [0.15, 0.2) is 5.96 Å². The molecule has 0 saturated carbocycles. The molecule has 0 aliphatic carbocycles. The number of piperazine rings is 1. The molecule has 0 bridgehead atoms. The summed E-state index contributed by atoms with van der Waals surface area (Å²) in [6.45, 7) is 6.07. The molecule has 2 N–H and O–H groups in total. The van der Waals surface area contributed by atoms with E-state index in [0.717, 1.165) is 50.3 Å². The molecule has 1 amide bonds. The van der Waals surface area contributed by atoms with Gasteiger partial charge in [-0.05, 0) is 25.1 Å². The van der Waals surface area contributed by atoms with Gasteiger partial charge in [-0.3, -0.25) is 4.79 Å². The first-order valence-electron chi connectivity index (χ1n) is 9.16. The Morgan fingerprint density at radius 2 is 1.75 bits per heavy atom. The van der Waals surface area contributed by atoms with E-state index in [1.807, 2.05) is 43.3 Å². The van der Waals surface area contributed by atoms with E-state index in [4.69, 9.17) is 0 Å². The maximum atomic E-state index is 12.2. The molecular weight excluding hydrogens is 469 g/mol. The van der Waals surface area contributed by atoms with Gasteiger partial charge in [0.25, 0.3) is 0 Å². The summed E-state index contributed by atoms with van der Waals surface area (Å²) < 4.78 is 0. The summed E-state index contributed by atoms with van der Waals surface area (Å²) in [6, 6.07) is 11.2. The number of halogens is 1. The molecule has 150 valence electrons. The number of hydrogen-bond acceptors (Lipinski definition) is 5. The highest BCUT2D eigenvalue weighted by molar-refractivity contribution is 14.0. The number of carbonyl (C=O) groups excluding carboxylic acids is 1. The second kappa shape index (κ2) is 11.4. The average molecular weight is 495 g/mol. The minimum Gasteiger partial charge on any atom is -0.357 e. The Morgan fingerprint density at radius 1 is 1.07 bits per heavy atom. The highest BCUT2D eigenvalue weighted by Crippen LogP contribution is 2.10. The molecular formula is C19H26IN7O. The second-order valence-electron chi connectivity index (χ2n) is 6.11. The van der Waals surface area contributed by atoms with E-state index in [1.165, 1.54) is 0 Å². The molecule has 8 nitrogen and oxygen atoms in total. The number of para-hydroxylation sites is 1. The number of nitrogens with one attached hydrogen (secondary N) is 2. The number of nitrogens with zero attached hydrogens (tertiary/aromatic N) is 5. The average Bonchev–Trinajstić information content (AvgIpc) is 2.73. The normalized spacial score (nSPS) is 14.2. The van der Waals surface area contributed by atoms with Crippen molar-refractivity contribution < 1.29 is 4.79 Å². The van der Waals surface area contributed by atoms with Crippen LogP contribution in [0.2, 0.25) is 0 Å². The van der Waals surface area contributed by atoms with E-state index >= 15 is 0 Å². The number of aromatic nitrogens is 2. The Bertz CT molecular complexity index is 749. The van der Waals surface area contributed by atoms with Gasteiger partial charge in [-0.15, -0.1) is 24.0 Å². The summed E-state index contributed by atoms with van der Waals surface area (Å²) >= 11 is 0. The molecule has 9 heteroatoms. The molecule has 0 unspecified atom stereocenters. The fourth-order valence-electron chi connectivity index (χ4n) is 2.87. The van der Waals surface area contributed by atoms with Crippen molar-refractivity contribution in [1.82, 2.24) is 20.2 Å². The van der Waals surface area contributed by atoms with Gasteiger partial charge in [0.1, 0.15) is 6.54 Å². The third-order valence-electron chi connectivity index (χ3n) is 4.18. The molecule has 3 rings (SSSR count). The van der Waals surface area contributed by atoms with Crippen molar-refractivity contribution in [2.75, 3.05) is 49.5 Å². The van der Waals surface area contributed by atoms with Crippen LogP contribution in [-0.4, -0.2) is 66.0 Å². The van der Waals surface area contributed by atoms with Gasteiger partial charge >= 0.3 is 0 Å². The Balaban J connectivity index is 0.00000280. The maximum absolute atomic E-state index is 12.2. The van der Waals surface area contributed by atoms with E-state index < -0.39 is 0 Å². The van der Waals surface area contributed by atoms with Crippen LogP contribution in [0.4, 0.5) is 11.6 Å². The van der Waals surface area contributed by atoms with Crippen LogP contribution in [0, 0.1) is 0 Å². The summed E-state index contributed by atoms with van der Waals surface area (Å²) in [5, 5.41) is 6.13. The molecule has 0 spiro atoms. The molecule has 0 atom stereocenters. The maximum Gasteiger partial charge on any atom is 0.246 e. The van der Waals surface area contributed by atoms with Crippen LogP contribution in [0.3, 0.4) is 0 Å². The van der Waals surface area contributed by atoms with Gasteiger partial charge in [0, 0.05) is 50.8 Å². The number of hydrogen-bond donors (Lipinski definition) is 2. The van der Waals surface area contributed by atoms with Crippen molar-refractivity contribution >= 4 is 47.5 Å². The molecule has 1 saturated heterocycles. The van der Waals surface area contributed by atoms with Crippen molar-refractivity contribution in [2.45, 2.75) is 6.92 Å². The summed E-state index contributed by atoms with van der Waals surface area (Å²) in [5.74, 6) is 1.38. The first-order valence-corrected chi connectivity index (χ1v) is 9.16. The number of carbonyl (C=O) groups is 1. The summed E-state index contributed by atoms with van der Waals surface area (Å²) in [6.07, 6.45) is 3.51. The molecule has 28 heavy (non-hydrogen) atoms. The fourth-order valence-corrected chi connectivity index (χ4v) is 2.87. The fraction of sp³-hybridized carbons (Fsp3) is 0.368. The van der Waals surface area contributed by atoms with Gasteiger partial charge in [-0.25, -0.2) is 15.0 Å². The summed E-state index contributed by atoms with van der Waals surface area (Å²) in [4.78, 5) is 29.6. The van der Waals surface area contributed by atoms with Gasteiger partial charge in [0.05, 0.1) is 0 Å². The van der Waals surface area contributed by atoms with Crippen LogP contribution in [0.5, 0.6) is 0 Å². The van der Waals surface area contributed by atoms with E-state index in [1.54, 1.807) is 12.4 Å². The van der Waals surface area contributed by atoms with Crippen molar-refractivity contribution in [3.05, 3.63) is 48.8 Å². The highest BCUT2D eigenvalue weighted by atomic mass is 127. The predicted molar refractivity (Wildman–Crippen MR) is 122 cm³/mol. The molecule has 1 aromatic carbocycles. The van der Waals surface area contributed by atoms with Crippen LogP contribution in [0.1, 0.15) is 6.92 Å². The first-order chi connectivity index (χ1) is 13.3. The van der Waals surface area contributed by atoms with Crippen LogP contribution < -0.4 is 15.5 Å². The molecule has 1 aliphatic rings. The van der Waals surface area contributed by atoms with E-state index in [2.05, 4.69) is 35.4 Å². The van der Waals surface area contributed by atoms with Gasteiger partial charge in [0.2, 0.25) is 11.9 Å². The van der Waals surface area contributed by atoms with Crippen molar-refractivity contribution in [1.29, 1.82) is 0 Å². The van der Waals surface area contributed by atoms with Crippen LogP contribution >= 0.6 is 24.0 Å². The summed E-state index contributed by atoms with van der Waals surface area (Å²) in [7, 11) is 0. The third kappa shape index (κ3) is 6.32. The van der Waals surface area contributed by atoms with Crippen LogP contribution in [0.25, 0.3) is 0 Å². The third-order valence-corrected chi connectivity index (χ3v) is 4.18.